The highest BCUT2D eigenvalue weighted by molar-refractivity contribution is 9.10. The molecule has 0 saturated heterocycles. The van der Waals surface area contributed by atoms with E-state index in [-0.39, 0.29) is 0 Å². The number of hydrogen-bond donors (Lipinski definition) is 0. The Morgan fingerprint density at radius 2 is 1.00 bits per heavy atom. The molecule has 35 heavy (non-hydrogen) atoms. The van der Waals surface area contributed by atoms with E-state index >= 15 is 0 Å². The first-order valence-corrected chi connectivity index (χ1v) is 12.0. The monoisotopic (exact) mass is 511 g/mol. The average Bonchev–Trinajstić information content (AvgIpc) is 2.94. The lowest BCUT2D eigenvalue weighted by molar-refractivity contribution is 1.21. The first-order valence-electron chi connectivity index (χ1n) is 11.2. The van der Waals surface area contributed by atoms with E-state index in [1.165, 1.54) is 0 Å². The van der Waals surface area contributed by atoms with Gasteiger partial charge in [-0.05, 0) is 73.9 Å². The molecule has 0 aliphatic carbocycles. The number of nitrogens with zero attached hydrogens (tertiary/aromatic N) is 3. The molecule has 0 radical (unpaired) electrons. The maximum atomic E-state index is 4.84. The first-order chi connectivity index (χ1) is 17.3. The summed E-state index contributed by atoms with van der Waals surface area (Å²) in [6.45, 7) is 0. The van der Waals surface area contributed by atoms with Crippen LogP contribution >= 0.6 is 15.9 Å². The smallest absolute Gasteiger partial charge is 0.0906 e. The fourth-order valence-electron chi connectivity index (χ4n) is 4.24. The Labute approximate surface area is 211 Å². The summed E-state index contributed by atoms with van der Waals surface area (Å²) in [5, 5.41) is 4.53. The minimum atomic E-state index is 0.767. The van der Waals surface area contributed by atoms with Crippen molar-refractivity contribution in [1.82, 2.24) is 15.0 Å². The Morgan fingerprint density at radius 3 is 1.49 bits per heavy atom. The van der Waals surface area contributed by atoms with Crippen LogP contribution in [-0.2, 0) is 0 Å². The molecule has 6 rings (SSSR count). The summed E-state index contributed by atoms with van der Waals surface area (Å²) in [7, 11) is 0. The third-order valence-corrected chi connectivity index (χ3v) is 6.73. The number of hydrogen-bond acceptors (Lipinski definition) is 3. The van der Waals surface area contributed by atoms with Gasteiger partial charge in [-0.15, -0.1) is 0 Å². The van der Waals surface area contributed by atoms with Gasteiger partial charge < -0.3 is 0 Å². The maximum Gasteiger partial charge on any atom is 0.0906 e. The summed E-state index contributed by atoms with van der Waals surface area (Å²) >= 11 is 3.81. The molecule has 6 aromatic rings. The van der Waals surface area contributed by atoms with E-state index in [1.54, 1.807) is 12.4 Å². The number of benzene rings is 3. The quantitative estimate of drug-likeness (QED) is 0.177. The molecule has 0 N–H and O–H groups in total. The minimum Gasteiger partial charge on any atom is -0.255 e. The van der Waals surface area contributed by atoms with Crippen LogP contribution in [0.15, 0.2) is 114 Å². The number of rotatable bonds is 2. The molecular weight excluding hydrogens is 494 g/mol. The molecule has 4 heteroatoms. The molecule has 0 spiro atoms. The van der Waals surface area contributed by atoms with Crippen molar-refractivity contribution in [3.8, 4) is 34.6 Å². The van der Waals surface area contributed by atoms with Crippen LogP contribution in [0.3, 0.4) is 0 Å². The van der Waals surface area contributed by atoms with Crippen LogP contribution < -0.4 is 0 Å². The van der Waals surface area contributed by atoms with E-state index in [2.05, 4.69) is 86.3 Å². The zero-order chi connectivity index (χ0) is 23.6. The van der Waals surface area contributed by atoms with Crippen molar-refractivity contribution >= 4 is 37.5 Å². The van der Waals surface area contributed by atoms with Gasteiger partial charge in [0.2, 0.25) is 0 Å². The highest BCUT2D eigenvalue weighted by Gasteiger charge is 2.11. The second-order valence-electron chi connectivity index (χ2n) is 8.09. The number of fused-ring (bicyclic) bond motifs is 2. The summed E-state index contributed by atoms with van der Waals surface area (Å²) in [5.74, 6) is 6.92. The molecule has 3 heterocycles. The molecule has 3 aromatic carbocycles. The summed E-state index contributed by atoms with van der Waals surface area (Å²) < 4.78 is 1.09. The van der Waals surface area contributed by atoms with Crippen molar-refractivity contribution in [1.29, 1.82) is 0 Å². The van der Waals surface area contributed by atoms with Crippen molar-refractivity contribution in [3.63, 3.8) is 0 Å². The highest BCUT2D eigenvalue weighted by Crippen LogP contribution is 2.36. The Hall–Kier alpha value is -4.33. The van der Waals surface area contributed by atoms with Crippen molar-refractivity contribution in [2.24, 2.45) is 0 Å². The topological polar surface area (TPSA) is 38.7 Å². The Kier molecular flexibility index (Phi) is 5.54. The van der Waals surface area contributed by atoms with E-state index in [0.717, 1.165) is 59.9 Å². The third kappa shape index (κ3) is 4.07. The van der Waals surface area contributed by atoms with Crippen molar-refractivity contribution < 1.29 is 0 Å². The van der Waals surface area contributed by atoms with Crippen molar-refractivity contribution in [2.45, 2.75) is 0 Å². The predicted octanol–water partition coefficient (Wildman–Crippen LogP) is 7.67. The molecule has 164 valence electrons. The lowest BCUT2D eigenvalue weighted by Gasteiger charge is -2.10. The summed E-state index contributed by atoms with van der Waals surface area (Å²) in [4.78, 5) is 13.8. The zero-order valence-corrected chi connectivity index (χ0v) is 20.2. The zero-order valence-electron chi connectivity index (χ0n) is 18.6. The van der Waals surface area contributed by atoms with E-state index in [0.29, 0.717) is 0 Å². The molecule has 0 fully saturated rings. The molecule has 0 aliphatic heterocycles. The van der Waals surface area contributed by atoms with Gasteiger partial charge in [0.25, 0.3) is 0 Å². The van der Waals surface area contributed by atoms with Gasteiger partial charge in [-0.3, -0.25) is 9.97 Å². The standard InChI is InChI=1S/C31H18BrN3/c32-31-25-11-3-1-9-22(25)24(23-10-2-4-12-26(23)31)16-15-21-19-29(27-13-5-7-17-33-27)35-30(20-21)28-14-6-8-18-34-28/h1-14,17-20H. The van der Waals surface area contributed by atoms with Crippen LogP contribution in [0.5, 0.6) is 0 Å². The van der Waals surface area contributed by atoms with Gasteiger partial charge in [0.05, 0.1) is 22.8 Å². The van der Waals surface area contributed by atoms with Crippen LogP contribution in [-0.4, -0.2) is 15.0 Å². The lowest BCUT2D eigenvalue weighted by Crippen LogP contribution is -1.94. The van der Waals surface area contributed by atoms with Gasteiger partial charge >= 0.3 is 0 Å². The van der Waals surface area contributed by atoms with E-state index < -0.39 is 0 Å². The molecule has 0 unspecified atom stereocenters. The van der Waals surface area contributed by atoms with Crippen LogP contribution in [0.2, 0.25) is 0 Å². The van der Waals surface area contributed by atoms with Gasteiger partial charge in [0.1, 0.15) is 0 Å². The SMILES string of the molecule is Brc1c2ccccc2c(C#Cc2cc(-c3ccccn3)nc(-c3ccccn3)c2)c2ccccc12. The second kappa shape index (κ2) is 9.13. The first kappa shape index (κ1) is 21.2. The van der Waals surface area contributed by atoms with Crippen LogP contribution in [0.25, 0.3) is 44.3 Å². The maximum absolute atomic E-state index is 4.84. The Morgan fingerprint density at radius 1 is 0.514 bits per heavy atom. The number of aromatic nitrogens is 3. The van der Waals surface area contributed by atoms with Gasteiger partial charge in [0.15, 0.2) is 0 Å². The molecule has 0 amide bonds. The van der Waals surface area contributed by atoms with Gasteiger partial charge in [0, 0.05) is 28.0 Å². The average molecular weight is 512 g/mol. The highest BCUT2D eigenvalue weighted by atomic mass is 79.9. The van der Waals surface area contributed by atoms with Gasteiger partial charge in [-0.1, -0.05) is 72.5 Å². The van der Waals surface area contributed by atoms with E-state index in [9.17, 15) is 0 Å². The van der Waals surface area contributed by atoms with E-state index in [1.807, 2.05) is 48.5 Å². The van der Waals surface area contributed by atoms with Gasteiger partial charge in [-0.25, -0.2) is 4.98 Å². The van der Waals surface area contributed by atoms with Crippen molar-refractivity contribution in [3.05, 3.63) is 125 Å². The molecule has 3 nitrogen and oxygen atoms in total. The van der Waals surface area contributed by atoms with Crippen molar-refractivity contribution in [2.75, 3.05) is 0 Å². The molecule has 0 atom stereocenters. The second-order valence-corrected chi connectivity index (χ2v) is 8.88. The molecule has 0 bridgehead atoms. The van der Waals surface area contributed by atoms with Crippen LogP contribution in [0, 0.1) is 11.8 Å². The normalized spacial score (nSPS) is 10.8. The van der Waals surface area contributed by atoms with Crippen LogP contribution in [0.1, 0.15) is 11.1 Å². The third-order valence-electron chi connectivity index (χ3n) is 5.88. The largest absolute Gasteiger partial charge is 0.255 e. The molecule has 0 aliphatic rings. The number of pyridine rings is 3. The van der Waals surface area contributed by atoms with Crippen LogP contribution in [0.4, 0.5) is 0 Å². The molecule has 3 aromatic heterocycles. The predicted molar refractivity (Wildman–Crippen MR) is 146 cm³/mol. The fourth-order valence-corrected chi connectivity index (χ4v) is 4.93. The molecular formula is C31H18BrN3. The summed E-state index contributed by atoms with van der Waals surface area (Å²) in [6.07, 6.45) is 3.55. The molecule has 0 saturated carbocycles. The minimum absolute atomic E-state index is 0.767. The summed E-state index contributed by atoms with van der Waals surface area (Å²) in [6, 6.07) is 32.3. The summed E-state index contributed by atoms with van der Waals surface area (Å²) in [5.41, 5.74) is 5.00. The van der Waals surface area contributed by atoms with Gasteiger partial charge in [-0.2, -0.15) is 0 Å². The lowest BCUT2D eigenvalue weighted by atomic mass is 9.97. The van der Waals surface area contributed by atoms with E-state index in [4.69, 9.17) is 4.98 Å². The Balaban J connectivity index is 1.58. The Bertz CT molecular complexity index is 1640. The fraction of sp³-hybridized carbons (Fsp3) is 0. The number of halogens is 1.